The van der Waals surface area contributed by atoms with Crippen molar-refractivity contribution in [3.8, 4) is 0 Å². The molecule has 1 aliphatic rings. The highest BCUT2D eigenvalue weighted by Gasteiger charge is 2.23. The summed E-state index contributed by atoms with van der Waals surface area (Å²) in [5.74, 6) is -0.242. The van der Waals surface area contributed by atoms with Gasteiger partial charge < -0.3 is 19.9 Å². The lowest BCUT2D eigenvalue weighted by Gasteiger charge is -2.27. The first kappa shape index (κ1) is 15.6. The van der Waals surface area contributed by atoms with Crippen molar-refractivity contribution in [2.75, 3.05) is 32.0 Å². The lowest BCUT2D eigenvalue weighted by molar-refractivity contribution is 0.0301. The number of nitrogens with zero attached hydrogens (tertiary/aromatic N) is 2. The van der Waals surface area contributed by atoms with Gasteiger partial charge in [0.2, 0.25) is 5.43 Å². The van der Waals surface area contributed by atoms with Gasteiger partial charge in [-0.05, 0) is 18.6 Å². The van der Waals surface area contributed by atoms with Gasteiger partial charge in [-0.25, -0.2) is 0 Å². The average Bonchev–Trinajstić information content (AvgIpc) is 2.57. The van der Waals surface area contributed by atoms with Crippen LogP contribution in [0.4, 0.5) is 5.69 Å². The van der Waals surface area contributed by atoms with Gasteiger partial charge in [0.05, 0.1) is 24.1 Å². The van der Waals surface area contributed by atoms with E-state index < -0.39 is 0 Å². The Morgan fingerprint density at radius 2 is 2.04 bits per heavy atom. The van der Waals surface area contributed by atoms with Crippen LogP contribution < -0.4 is 11.2 Å². The number of carbonyl (C=O) groups is 1. The second kappa shape index (κ2) is 6.42. The van der Waals surface area contributed by atoms with Crippen LogP contribution in [0.1, 0.15) is 23.7 Å². The number of ether oxygens (including phenoxy) is 1. The van der Waals surface area contributed by atoms with E-state index in [1.165, 1.54) is 0 Å². The molecule has 1 aliphatic heterocycles. The maximum atomic E-state index is 12.8. The lowest BCUT2D eigenvalue weighted by atomic mass is 10.1. The van der Waals surface area contributed by atoms with Crippen molar-refractivity contribution < 1.29 is 9.53 Å². The summed E-state index contributed by atoms with van der Waals surface area (Å²) in [5, 5.41) is 0.431. The van der Waals surface area contributed by atoms with Crippen LogP contribution in [0.25, 0.3) is 10.9 Å². The molecule has 3 rings (SSSR count). The maximum absolute atomic E-state index is 12.8. The Labute approximate surface area is 134 Å². The number of carbonyl (C=O) groups excluding carboxylic acids is 1. The van der Waals surface area contributed by atoms with Crippen molar-refractivity contribution in [1.82, 2.24) is 9.47 Å². The number of aryl methyl sites for hydroxylation is 1. The summed E-state index contributed by atoms with van der Waals surface area (Å²) in [6.07, 6.45) is 2.57. The van der Waals surface area contributed by atoms with Crippen molar-refractivity contribution >= 4 is 22.5 Å². The zero-order valence-electron chi connectivity index (χ0n) is 13.2. The number of pyridine rings is 1. The summed E-state index contributed by atoms with van der Waals surface area (Å²) in [6.45, 7) is 4.81. The molecule has 2 aromatic rings. The molecule has 122 valence electrons. The van der Waals surface area contributed by atoms with Crippen LogP contribution in [0.2, 0.25) is 0 Å². The Balaban J connectivity index is 2.16. The van der Waals surface area contributed by atoms with Gasteiger partial charge in [0.15, 0.2) is 0 Å². The number of aromatic nitrogens is 1. The van der Waals surface area contributed by atoms with Crippen LogP contribution in [-0.4, -0.2) is 41.7 Å². The molecule has 1 saturated heterocycles. The van der Waals surface area contributed by atoms with Gasteiger partial charge in [-0.15, -0.1) is 0 Å². The van der Waals surface area contributed by atoms with Gasteiger partial charge in [-0.1, -0.05) is 13.0 Å². The molecule has 1 aromatic carbocycles. The third-order valence-corrected chi connectivity index (χ3v) is 4.13. The second-order valence-electron chi connectivity index (χ2n) is 5.71. The Bertz CT molecular complexity index is 792. The van der Waals surface area contributed by atoms with E-state index in [4.69, 9.17) is 10.5 Å². The lowest BCUT2D eigenvalue weighted by Crippen LogP contribution is -2.42. The number of hydrogen-bond donors (Lipinski definition) is 1. The number of benzene rings is 1. The van der Waals surface area contributed by atoms with Crippen LogP contribution in [0.5, 0.6) is 0 Å². The number of hydrogen-bond acceptors (Lipinski definition) is 4. The summed E-state index contributed by atoms with van der Waals surface area (Å²) >= 11 is 0. The van der Waals surface area contributed by atoms with Gasteiger partial charge in [-0.2, -0.15) is 0 Å². The fourth-order valence-electron chi connectivity index (χ4n) is 2.98. The summed E-state index contributed by atoms with van der Waals surface area (Å²) in [6, 6.07) is 5.39. The molecule has 0 radical (unpaired) electrons. The number of amides is 1. The normalized spacial score (nSPS) is 15.1. The zero-order valence-corrected chi connectivity index (χ0v) is 13.2. The molecule has 23 heavy (non-hydrogen) atoms. The smallest absolute Gasteiger partial charge is 0.259 e. The minimum absolute atomic E-state index is 0.186. The molecule has 1 fully saturated rings. The van der Waals surface area contributed by atoms with E-state index in [1.807, 2.05) is 16.7 Å². The van der Waals surface area contributed by atoms with Gasteiger partial charge in [0.1, 0.15) is 5.56 Å². The van der Waals surface area contributed by atoms with Crippen LogP contribution >= 0.6 is 0 Å². The second-order valence-corrected chi connectivity index (χ2v) is 5.71. The van der Waals surface area contributed by atoms with E-state index in [2.05, 4.69) is 6.92 Å². The summed E-state index contributed by atoms with van der Waals surface area (Å²) in [7, 11) is 0. The van der Waals surface area contributed by atoms with E-state index in [0.29, 0.717) is 37.4 Å². The van der Waals surface area contributed by atoms with E-state index >= 15 is 0 Å². The molecule has 0 aliphatic carbocycles. The van der Waals surface area contributed by atoms with Crippen molar-refractivity contribution in [3.05, 3.63) is 40.2 Å². The fourth-order valence-corrected chi connectivity index (χ4v) is 2.98. The minimum atomic E-state index is -0.290. The third-order valence-electron chi connectivity index (χ3n) is 4.13. The molecular formula is C17H21N3O3. The van der Waals surface area contributed by atoms with Gasteiger partial charge in [0, 0.05) is 31.5 Å². The Kier molecular flexibility index (Phi) is 4.34. The molecule has 1 amide bonds. The quantitative estimate of drug-likeness (QED) is 0.870. The topological polar surface area (TPSA) is 77.6 Å². The highest BCUT2D eigenvalue weighted by atomic mass is 16.5. The largest absolute Gasteiger partial charge is 0.398 e. The predicted molar refractivity (Wildman–Crippen MR) is 89.6 cm³/mol. The molecule has 1 aromatic heterocycles. The third kappa shape index (κ3) is 2.82. The Morgan fingerprint density at radius 3 is 2.74 bits per heavy atom. The Morgan fingerprint density at radius 1 is 1.30 bits per heavy atom. The zero-order chi connectivity index (χ0) is 16.4. The highest BCUT2D eigenvalue weighted by Crippen LogP contribution is 2.19. The molecule has 0 atom stereocenters. The van der Waals surface area contributed by atoms with E-state index in [1.54, 1.807) is 17.2 Å². The average molecular weight is 315 g/mol. The number of morpholine rings is 1. The first-order valence-electron chi connectivity index (χ1n) is 7.92. The van der Waals surface area contributed by atoms with Crippen molar-refractivity contribution in [1.29, 1.82) is 0 Å². The molecular weight excluding hydrogens is 294 g/mol. The Hall–Kier alpha value is -2.34. The van der Waals surface area contributed by atoms with Crippen LogP contribution in [0, 0.1) is 0 Å². The first-order valence-corrected chi connectivity index (χ1v) is 7.92. The minimum Gasteiger partial charge on any atom is -0.398 e. The molecule has 6 heteroatoms. The molecule has 2 heterocycles. The summed E-state index contributed by atoms with van der Waals surface area (Å²) in [5.41, 5.74) is 7.09. The molecule has 2 N–H and O–H groups in total. The summed E-state index contributed by atoms with van der Waals surface area (Å²) < 4.78 is 7.22. The molecule has 0 unspecified atom stereocenters. The maximum Gasteiger partial charge on any atom is 0.259 e. The number of nitrogen functional groups attached to an aromatic ring is 1. The monoisotopic (exact) mass is 315 g/mol. The fraction of sp³-hybridized carbons (Fsp3) is 0.412. The SMILES string of the molecule is CCCn1cc(C(=O)N2CCOCC2)c(=O)c2c(N)cccc21. The number of nitrogens with two attached hydrogens (primary N) is 1. The van der Waals surface area contributed by atoms with Gasteiger partial charge in [0.25, 0.3) is 5.91 Å². The van der Waals surface area contributed by atoms with E-state index in [-0.39, 0.29) is 16.9 Å². The number of rotatable bonds is 3. The molecule has 6 nitrogen and oxygen atoms in total. The van der Waals surface area contributed by atoms with Crippen molar-refractivity contribution in [2.24, 2.45) is 0 Å². The molecule has 0 spiro atoms. The van der Waals surface area contributed by atoms with Crippen LogP contribution in [-0.2, 0) is 11.3 Å². The van der Waals surface area contributed by atoms with Crippen LogP contribution in [0.3, 0.4) is 0 Å². The molecule has 0 bridgehead atoms. The van der Waals surface area contributed by atoms with Gasteiger partial charge >= 0.3 is 0 Å². The number of fused-ring (bicyclic) bond motifs is 1. The van der Waals surface area contributed by atoms with Crippen molar-refractivity contribution in [3.63, 3.8) is 0 Å². The number of anilines is 1. The van der Waals surface area contributed by atoms with E-state index in [0.717, 1.165) is 18.5 Å². The predicted octanol–water partition coefficient (Wildman–Crippen LogP) is 1.47. The van der Waals surface area contributed by atoms with Crippen LogP contribution in [0.15, 0.2) is 29.2 Å². The van der Waals surface area contributed by atoms with Crippen molar-refractivity contribution in [2.45, 2.75) is 19.9 Å². The first-order chi connectivity index (χ1) is 11.1. The summed E-state index contributed by atoms with van der Waals surface area (Å²) in [4.78, 5) is 27.2. The molecule has 0 saturated carbocycles. The highest BCUT2D eigenvalue weighted by molar-refractivity contribution is 6.00. The standard InChI is InChI=1S/C17H21N3O3/c1-2-6-20-11-12(17(22)19-7-9-23-10-8-19)16(21)15-13(18)4-3-5-14(15)20/h3-5,11H,2,6-10,18H2,1H3. The van der Waals surface area contributed by atoms with E-state index in [9.17, 15) is 9.59 Å². The van der Waals surface area contributed by atoms with Gasteiger partial charge in [-0.3, -0.25) is 9.59 Å².